The summed E-state index contributed by atoms with van der Waals surface area (Å²) in [7, 11) is 1.95. The van der Waals surface area contributed by atoms with Crippen molar-refractivity contribution in [2.75, 3.05) is 13.7 Å². The van der Waals surface area contributed by atoms with Crippen molar-refractivity contribution in [2.45, 2.75) is 25.3 Å². The van der Waals surface area contributed by atoms with Gasteiger partial charge in [0.25, 0.3) is 0 Å². The predicted molar refractivity (Wildman–Crippen MR) is 74.6 cm³/mol. The first-order valence-electron chi connectivity index (χ1n) is 6.60. The van der Waals surface area contributed by atoms with Crippen LogP contribution in [0.5, 0.6) is 5.75 Å². The molecule has 3 heteroatoms. The zero-order valence-electron chi connectivity index (χ0n) is 11.6. The van der Waals surface area contributed by atoms with Crippen LogP contribution in [0.25, 0.3) is 0 Å². The Morgan fingerprint density at radius 2 is 2.11 bits per heavy atom. The summed E-state index contributed by atoms with van der Waals surface area (Å²) >= 11 is 0. The van der Waals surface area contributed by atoms with Gasteiger partial charge in [0.15, 0.2) is 0 Å². The second kappa shape index (κ2) is 4.42. The van der Waals surface area contributed by atoms with Gasteiger partial charge < -0.3 is 14.5 Å². The highest BCUT2D eigenvalue weighted by Crippen LogP contribution is 2.40. The third-order valence-corrected chi connectivity index (χ3v) is 3.77. The molecule has 1 aliphatic rings. The van der Waals surface area contributed by atoms with Crippen LogP contribution >= 0.6 is 0 Å². The molecule has 0 spiro atoms. The monoisotopic (exact) mass is 257 g/mol. The summed E-state index contributed by atoms with van der Waals surface area (Å²) in [4.78, 5) is 0. The van der Waals surface area contributed by atoms with E-state index in [0.717, 1.165) is 18.1 Å². The smallest absolute Gasteiger partial charge is 0.125 e. The summed E-state index contributed by atoms with van der Waals surface area (Å²) in [5.41, 5.74) is 2.55. The molecular formula is C16H19NO2. The van der Waals surface area contributed by atoms with Crippen molar-refractivity contribution in [3.63, 3.8) is 0 Å². The number of hydrogen-bond acceptors (Lipinski definition) is 3. The minimum absolute atomic E-state index is 0.0762. The van der Waals surface area contributed by atoms with E-state index >= 15 is 0 Å². The van der Waals surface area contributed by atoms with E-state index in [4.69, 9.17) is 9.15 Å². The van der Waals surface area contributed by atoms with Gasteiger partial charge in [0.2, 0.25) is 0 Å². The van der Waals surface area contributed by atoms with Crippen LogP contribution in [0.15, 0.2) is 41.0 Å². The van der Waals surface area contributed by atoms with Crippen molar-refractivity contribution in [2.24, 2.45) is 0 Å². The number of benzene rings is 1. The Balaban J connectivity index is 2.02. The molecule has 1 aromatic heterocycles. The molecule has 3 nitrogen and oxygen atoms in total. The molecule has 0 amide bonds. The molecule has 1 atom stereocenters. The van der Waals surface area contributed by atoms with Crippen molar-refractivity contribution >= 4 is 0 Å². The standard InChI is InChI=1S/C16H19NO2/c1-16(2)10-19-13-7-6-11(9-12(13)16)15(17-3)14-5-4-8-18-14/h4-9,15,17H,10H2,1-3H3. The average Bonchev–Trinajstić information content (AvgIpc) is 3.00. The van der Waals surface area contributed by atoms with Gasteiger partial charge in [-0.1, -0.05) is 19.9 Å². The lowest BCUT2D eigenvalue weighted by molar-refractivity contribution is 0.291. The summed E-state index contributed by atoms with van der Waals surface area (Å²) in [6.45, 7) is 5.17. The quantitative estimate of drug-likeness (QED) is 0.916. The molecular weight excluding hydrogens is 238 g/mol. The van der Waals surface area contributed by atoms with Gasteiger partial charge in [-0.15, -0.1) is 0 Å². The fraction of sp³-hybridized carbons (Fsp3) is 0.375. The highest BCUT2D eigenvalue weighted by molar-refractivity contribution is 5.46. The SMILES string of the molecule is CNC(c1ccc2c(c1)C(C)(C)CO2)c1ccco1. The molecule has 1 aliphatic heterocycles. The fourth-order valence-corrected chi connectivity index (χ4v) is 2.65. The summed E-state index contributed by atoms with van der Waals surface area (Å²) in [5.74, 6) is 1.93. The number of rotatable bonds is 3. The van der Waals surface area contributed by atoms with Gasteiger partial charge in [-0.05, 0) is 36.9 Å². The minimum Gasteiger partial charge on any atom is -0.492 e. The number of ether oxygens (including phenoxy) is 1. The lowest BCUT2D eigenvalue weighted by atomic mass is 9.85. The molecule has 100 valence electrons. The Bertz CT molecular complexity index is 572. The van der Waals surface area contributed by atoms with Gasteiger partial charge in [-0.3, -0.25) is 0 Å². The Labute approximate surface area is 113 Å². The van der Waals surface area contributed by atoms with Crippen LogP contribution in [0, 0.1) is 0 Å². The van der Waals surface area contributed by atoms with Crippen LogP contribution in [-0.4, -0.2) is 13.7 Å². The van der Waals surface area contributed by atoms with E-state index in [1.54, 1.807) is 6.26 Å². The molecule has 1 unspecified atom stereocenters. The van der Waals surface area contributed by atoms with Crippen molar-refractivity contribution in [3.05, 3.63) is 53.5 Å². The summed E-state index contributed by atoms with van der Waals surface area (Å²) < 4.78 is 11.2. The van der Waals surface area contributed by atoms with Crippen LogP contribution in [0.3, 0.4) is 0 Å². The second-order valence-electron chi connectivity index (χ2n) is 5.67. The number of hydrogen-bond donors (Lipinski definition) is 1. The first kappa shape index (κ1) is 12.3. The average molecular weight is 257 g/mol. The molecule has 2 heterocycles. The Morgan fingerprint density at radius 1 is 1.26 bits per heavy atom. The van der Waals surface area contributed by atoms with E-state index in [1.807, 2.05) is 19.2 Å². The van der Waals surface area contributed by atoms with Crippen molar-refractivity contribution in [3.8, 4) is 5.75 Å². The highest BCUT2D eigenvalue weighted by atomic mass is 16.5. The van der Waals surface area contributed by atoms with Gasteiger partial charge in [-0.25, -0.2) is 0 Å². The van der Waals surface area contributed by atoms with Crippen molar-refractivity contribution < 1.29 is 9.15 Å². The van der Waals surface area contributed by atoms with E-state index in [9.17, 15) is 0 Å². The van der Waals surface area contributed by atoms with Crippen LogP contribution < -0.4 is 10.1 Å². The molecule has 1 aromatic carbocycles. The van der Waals surface area contributed by atoms with E-state index in [0.29, 0.717) is 0 Å². The normalized spacial score (nSPS) is 17.8. The van der Waals surface area contributed by atoms with Crippen LogP contribution in [-0.2, 0) is 5.41 Å². The highest BCUT2D eigenvalue weighted by Gasteiger charge is 2.32. The van der Waals surface area contributed by atoms with Gasteiger partial charge in [-0.2, -0.15) is 0 Å². The molecule has 1 N–H and O–H groups in total. The molecule has 0 saturated carbocycles. The zero-order valence-corrected chi connectivity index (χ0v) is 11.6. The number of fused-ring (bicyclic) bond motifs is 1. The molecule has 19 heavy (non-hydrogen) atoms. The zero-order chi connectivity index (χ0) is 13.5. The van der Waals surface area contributed by atoms with Crippen LogP contribution in [0.2, 0.25) is 0 Å². The van der Waals surface area contributed by atoms with Crippen molar-refractivity contribution in [1.29, 1.82) is 0 Å². The van der Waals surface area contributed by atoms with Gasteiger partial charge in [0.05, 0.1) is 18.9 Å². The van der Waals surface area contributed by atoms with Crippen LogP contribution in [0.1, 0.15) is 36.8 Å². The summed E-state index contributed by atoms with van der Waals surface area (Å²) in [6.07, 6.45) is 1.71. The Morgan fingerprint density at radius 3 is 2.79 bits per heavy atom. The summed E-state index contributed by atoms with van der Waals surface area (Å²) in [5, 5.41) is 3.30. The number of nitrogens with one attached hydrogen (secondary N) is 1. The molecule has 0 fully saturated rings. The molecule has 3 rings (SSSR count). The molecule has 0 bridgehead atoms. The first-order chi connectivity index (χ1) is 9.12. The third kappa shape index (κ3) is 2.04. The Kier molecular flexibility index (Phi) is 2.86. The van der Waals surface area contributed by atoms with Gasteiger partial charge >= 0.3 is 0 Å². The van der Waals surface area contributed by atoms with E-state index < -0.39 is 0 Å². The maximum atomic E-state index is 5.73. The van der Waals surface area contributed by atoms with E-state index in [-0.39, 0.29) is 11.5 Å². The van der Waals surface area contributed by atoms with Crippen molar-refractivity contribution in [1.82, 2.24) is 5.32 Å². The lowest BCUT2D eigenvalue weighted by Crippen LogP contribution is -2.20. The largest absolute Gasteiger partial charge is 0.492 e. The topological polar surface area (TPSA) is 34.4 Å². The predicted octanol–water partition coefficient (Wildman–Crippen LogP) is 3.26. The maximum absolute atomic E-state index is 5.73. The van der Waals surface area contributed by atoms with E-state index in [2.05, 4.69) is 37.4 Å². The second-order valence-corrected chi connectivity index (χ2v) is 5.67. The summed E-state index contributed by atoms with van der Waals surface area (Å²) in [6, 6.07) is 10.4. The molecule has 0 saturated heterocycles. The van der Waals surface area contributed by atoms with Gasteiger partial charge in [0, 0.05) is 11.0 Å². The third-order valence-electron chi connectivity index (χ3n) is 3.77. The molecule has 0 radical (unpaired) electrons. The lowest BCUT2D eigenvalue weighted by Gasteiger charge is -2.19. The molecule has 0 aliphatic carbocycles. The van der Waals surface area contributed by atoms with E-state index in [1.165, 1.54) is 11.1 Å². The number of furan rings is 1. The first-order valence-corrected chi connectivity index (χ1v) is 6.60. The maximum Gasteiger partial charge on any atom is 0.125 e. The van der Waals surface area contributed by atoms with Gasteiger partial charge in [0.1, 0.15) is 11.5 Å². The fourth-order valence-electron chi connectivity index (χ4n) is 2.65. The minimum atomic E-state index is 0.0762. The molecule has 2 aromatic rings. The van der Waals surface area contributed by atoms with Crippen LogP contribution in [0.4, 0.5) is 0 Å². The Hall–Kier alpha value is -1.74.